The van der Waals surface area contributed by atoms with Crippen LogP contribution >= 0.6 is 23.2 Å². The van der Waals surface area contributed by atoms with Crippen molar-refractivity contribution in [2.45, 2.75) is 24.9 Å². The molecule has 12 heteroatoms. The van der Waals surface area contributed by atoms with Gasteiger partial charge in [0.25, 0.3) is 5.56 Å². The summed E-state index contributed by atoms with van der Waals surface area (Å²) in [7, 11) is 0. The number of nitrogens with two attached hydrogens (primary N) is 1. The monoisotopic (exact) mass is 427 g/mol. The molecule has 0 aliphatic carbocycles. The molecule has 0 amide bonds. The number of H-pyrrole nitrogens is 1. The standard InChI is InChI=1S/C16H15Cl2N5O5/c17-6-1-2-9(7(18)3-6)28-16-20-12-13(21-15(19)22-14(12)26)23(16)11-4-8(25)10(5-24)27-11/h1-3,8,10-11,24-25H,4-5H2,(H3,19,21,22,26)/t8-,10+,11+/m0/s1. The Morgan fingerprint density at radius 3 is 2.86 bits per heavy atom. The predicted molar refractivity (Wildman–Crippen MR) is 101 cm³/mol. The maximum Gasteiger partial charge on any atom is 0.306 e. The van der Waals surface area contributed by atoms with Gasteiger partial charge in [0.15, 0.2) is 11.2 Å². The molecule has 10 nitrogen and oxygen atoms in total. The van der Waals surface area contributed by atoms with Crippen molar-refractivity contribution in [2.75, 3.05) is 12.3 Å². The smallest absolute Gasteiger partial charge is 0.306 e. The minimum absolute atomic E-state index is 0.0279. The van der Waals surface area contributed by atoms with Crippen molar-refractivity contribution in [3.63, 3.8) is 0 Å². The molecule has 3 aromatic rings. The van der Waals surface area contributed by atoms with Gasteiger partial charge in [0.2, 0.25) is 5.95 Å². The average Bonchev–Trinajstić information content (AvgIpc) is 3.17. The lowest BCUT2D eigenvalue weighted by Gasteiger charge is -2.16. The van der Waals surface area contributed by atoms with E-state index in [0.29, 0.717) is 5.02 Å². The van der Waals surface area contributed by atoms with Crippen molar-refractivity contribution in [3.8, 4) is 11.8 Å². The molecule has 28 heavy (non-hydrogen) atoms. The second-order valence-corrected chi connectivity index (χ2v) is 7.02. The first kappa shape index (κ1) is 19.0. The maximum absolute atomic E-state index is 12.2. The Kier molecular flexibility index (Phi) is 4.89. The number of halogens is 2. The number of fused-ring (bicyclic) bond motifs is 1. The number of aromatic nitrogens is 4. The zero-order valence-corrected chi connectivity index (χ0v) is 15.7. The molecule has 0 bridgehead atoms. The number of aliphatic hydroxyl groups is 2. The topological polar surface area (TPSA) is 149 Å². The number of aromatic amines is 1. The molecule has 0 unspecified atom stereocenters. The molecule has 1 aliphatic rings. The molecule has 148 valence electrons. The fourth-order valence-corrected chi connectivity index (χ4v) is 3.45. The van der Waals surface area contributed by atoms with Gasteiger partial charge in [-0.15, -0.1) is 0 Å². The summed E-state index contributed by atoms with van der Waals surface area (Å²) in [5, 5.41) is 20.1. The Bertz CT molecular complexity index is 1100. The van der Waals surface area contributed by atoms with Crippen molar-refractivity contribution in [1.82, 2.24) is 19.5 Å². The summed E-state index contributed by atoms with van der Waals surface area (Å²) in [5.74, 6) is 0.122. The lowest BCUT2D eigenvalue weighted by atomic mass is 10.2. The van der Waals surface area contributed by atoms with Gasteiger partial charge in [0.1, 0.15) is 18.1 Å². The van der Waals surface area contributed by atoms with Crippen molar-refractivity contribution >= 4 is 40.3 Å². The van der Waals surface area contributed by atoms with Gasteiger partial charge in [-0.05, 0) is 18.2 Å². The van der Waals surface area contributed by atoms with Crippen LogP contribution in [0.15, 0.2) is 23.0 Å². The molecule has 0 saturated carbocycles. The quantitative estimate of drug-likeness (QED) is 0.488. The van der Waals surface area contributed by atoms with Crippen LogP contribution in [0.4, 0.5) is 5.95 Å². The van der Waals surface area contributed by atoms with E-state index in [1.165, 1.54) is 10.6 Å². The number of ether oxygens (including phenoxy) is 2. The van der Waals surface area contributed by atoms with E-state index in [4.69, 9.17) is 38.4 Å². The molecule has 5 N–H and O–H groups in total. The number of hydrogen-bond donors (Lipinski definition) is 4. The number of nitrogen functional groups attached to an aromatic ring is 1. The fraction of sp³-hybridized carbons (Fsp3) is 0.312. The van der Waals surface area contributed by atoms with Crippen LogP contribution in [-0.2, 0) is 4.74 Å². The van der Waals surface area contributed by atoms with E-state index in [2.05, 4.69) is 15.0 Å². The van der Waals surface area contributed by atoms with Gasteiger partial charge in [-0.2, -0.15) is 9.97 Å². The first-order chi connectivity index (χ1) is 13.4. The second-order valence-electron chi connectivity index (χ2n) is 6.18. The number of benzene rings is 1. The van der Waals surface area contributed by atoms with Crippen LogP contribution in [0.5, 0.6) is 11.8 Å². The maximum atomic E-state index is 12.2. The number of nitrogens with zero attached hydrogens (tertiary/aromatic N) is 3. The zero-order valence-electron chi connectivity index (χ0n) is 14.2. The van der Waals surface area contributed by atoms with E-state index < -0.39 is 24.0 Å². The Hall–Kier alpha value is -2.37. The van der Waals surface area contributed by atoms with E-state index in [-0.39, 0.29) is 46.9 Å². The highest BCUT2D eigenvalue weighted by molar-refractivity contribution is 6.35. The molecular weight excluding hydrogens is 413 g/mol. The van der Waals surface area contributed by atoms with Crippen LogP contribution in [0, 0.1) is 0 Å². The number of rotatable bonds is 4. The first-order valence-corrected chi connectivity index (χ1v) is 8.98. The average molecular weight is 428 g/mol. The number of anilines is 1. The minimum atomic E-state index is -0.918. The molecule has 2 aromatic heterocycles. The fourth-order valence-electron chi connectivity index (χ4n) is 3.01. The first-order valence-electron chi connectivity index (χ1n) is 8.22. The van der Waals surface area contributed by atoms with Gasteiger partial charge in [-0.1, -0.05) is 23.2 Å². The highest BCUT2D eigenvalue weighted by Crippen LogP contribution is 2.37. The van der Waals surface area contributed by atoms with Crippen molar-refractivity contribution in [3.05, 3.63) is 38.6 Å². The normalized spacial score (nSPS) is 22.1. The van der Waals surface area contributed by atoms with Crippen LogP contribution in [-0.4, -0.2) is 48.5 Å². The van der Waals surface area contributed by atoms with Crippen molar-refractivity contribution in [1.29, 1.82) is 0 Å². The highest BCUT2D eigenvalue weighted by atomic mass is 35.5. The molecule has 3 atom stereocenters. The Labute approximate surface area is 167 Å². The molecule has 0 radical (unpaired) electrons. The van der Waals surface area contributed by atoms with Gasteiger partial charge < -0.3 is 25.4 Å². The van der Waals surface area contributed by atoms with Crippen LogP contribution < -0.4 is 16.0 Å². The molecule has 1 saturated heterocycles. The van der Waals surface area contributed by atoms with Crippen LogP contribution in [0.3, 0.4) is 0 Å². The highest BCUT2D eigenvalue weighted by Gasteiger charge is 2.37. The van der Waals surface area contributed by atoms with Gasteiger partial charge in [0, 0.05) is 11.4 Å². The molecule has 0 spiro atoms. The van der Waals surface area contributed by atoms with Gasteiger partial charge in [0.05, 0.1) is 17.7 Å². The summed E-state index contributed by atoms with van der Waals surface area (Å²) >= 11 is 12.1. The van der Waals surface area contributed by atoms with E-state index in [0.717, 1.165) is 0 Å². The Morgan fingerprint density at radius 2 is 2.18 bits per heavy atom. The zero-order chi connectivity index (χ0) is 20.0. The molecule has 3 heterocycles. The van der Waals surface area contributed by atoms with E-state index >= 15 is 0 Å². The molecule has 1 aliphatic heterocycles. The third-order valence-electron chi connectivity index (χ3n) is 4.30. The molecular formula is C16H15Cl2N5O5. The largest absolute Gasteiger partial charge is 0.424 e. The molecule has 4 rings (SSSR count). The molecule has 1 fully saturated rings. The number of hydrogen-bond acceptors (Lipinski definition) is 8. The van der Waals surface area contributed by atoms with Crippen molar-refractivity contribution in [2.24, 2.45) is 0 Å². The lowest BCUT2D eigenvalue weighted by molar-refractivity contribution is -0.0447. The number of imidazole rings is 1. The van der Waals surface area contributed by atoms with Crippen LogP contribution in [0.1, 0.15) is 12.6 Å². The summed E-state index contributed by atoms with van der Waals surface area (Å²) in [6.45, 7) is -0.375. The Morgan fingerprint density at radius 1 is 1.39 bits per heavy atom. The van der Waals surface area contributed by atoms with Crippen LogP contribution in [0.2, 0.25) is 10.0 Å². The van der Waals surface area contributed by atoms with Gasteiger partial charge in [-0.3, -0.25) is 14.3 Å². The third-order valence-corrected chi connectivity index (χ3v) is 4.83. The molecule has 1 aromatic carbocycles. The number of nitrogens with one attached hydrogen (secondary N) is 1. The van der Waals surface area contributed by atoms with E-state index in [9.17, 15) is 15.0 Å². The predicted octanol–water partition coefficient (Wildman–Crippen LogP) is 1.44. The summed E-state index contributed by atoms with van der Waals surface area (Å²) in [6.07, 6.45) is -2.39. The number of aliphatic hydroxyl groups excluding tert-OH is 2. The van der Waals surface area contributed by atoms with E-state index in [1.807, 2.05) is 0 Å². The van der Waals surface area contributed by atoms with E-state index in [1.54, 1.807) is 12.1 Å². The minimum Gasteiger partial charge on any atom is -0.424 e. The summed E-state index contributed by atoms with van der Waals surface area (Å²) < 4.78 is 12.9. The SMILES string of the molecule is Nc1nc2c(nc(Oc3ccc(Cl)cc3Cl)n2[C@H]2C[C@H](O)[C@@H](CO)O2)c(=O)[nH]1. The van der Waals surface area contributed by atoms with Gasteiger partial charge >= 0.3 is 6.01 Å². The van der Waals surface area contributed by atoms with Gasteiger partial charge in [-0.25, -0.2) is 0 Å². The Balaban J connectivity index is 1.85. The second kappa shape index (κ2) is 7.22. The van der Waals surface area contributed by atoms with Crippen molar-refractivity contribution < 1.29 is 19.7 Å². The summed E-state index contributed by atoms with van der Waals surface area (Å²) in [6, 6.07) is 4.57. The summed E-state index contributed by atoms with van der Waals surface area (Å²) in [5.41, 5.74) is 5.18. The lowest BCUT2D eigenvalue weighted by Crippen LogP contribution is -2.24. The third kappa shape index (κ3) is 3.29. The summed E-state index contributed by atoms with van der Waals surface area (Å²) in [4.78, 5) is 22.9. The van der Waals surface area contributed by atoms with Crippen LogP contribution in [0.25, 0.3) is 11.2 Å².